The maximum Gasteiger partial charge on any atom is 0.0444 e. The maximum absolute atomic E-state index is 6.49. The summed E-state index contributed by atoms with van der Waals surface area (Å²) in [5.74, 6) is 0. The van der Waals surface area contributed by atoms with Crippen molar-refractivity contribution < 1.29 is 0 Å². The summed E-state index contributed by atoms with van der Waals surface area (Å²) in [4.78, 5) is 0. The van der Waals surface area contributed by atoms with E-state index in [0.29, 0.717) is 5.41 Å². The number of benzene rings is 1. The van der Waals surface area contributed by atoms with Crippen molar-refractivity contribution in [2.24, 2.45) is 5.41 Å². The average Bonchev–Trinajstić information content (AvgIpc) is 2.43. The predicted molar refractivity (Wildman–Crippen MR) is 88.5 cm³/mol. The normalized spacial score (nSPS) is 19.6. The molecule has 0 saturated heterocycles. The van der Waals surface area contributed by atoms with Gasteiger partial charge in [0.15, 0.2) is 0 Å². The van der Waals surface area contributed by atoms with Gasteiger partial charge in [0.05, 0.1) is 0 Å². The molecule has 0 bridgehead atoms. The zero-order valence-corrected chi connectivity index (χ0v) is 13.9. The predicted octanol–water partition coefficient (Wildman–Crippen LogP) is 5.18. The molecular weight excluding hydrogens is 266 g/mol. The van der Waals surface area contributed by atoms with Crippen LogP contribution in [0.5, 0.6) is 0 Å². The molecule has 1 N–H and O–H groups in total. The molecule has 1 aliphatic rings. The highest BCUT2D eigenvalue weighted by Gasteiger charge is 2.53. The molecule has 1 aromatic carbocycles. The van der Waals surface area contributed by atoms with Gasteiger partial charge in [0.25, 0.3) is 0 Å². The Bertz CT molecular complexity index is 429. The smallest absolute Gasteiger partial charge is 0.0444 e. The highest BCUT2D eigenvalue weighted by atomic mass is 35.5. The Morgan fingerprint density at radius 2 is 1.75 bits per heavy atom. The number of hydrogen-bond acceptors (Lipinski definition) is 1. The minimum Gasteiger partial charge on any atom is -0.316 e. The van der Waals surface area contributed by atoms with Gasteiger partial charge in [-0.1, -0.05) is 63.4 Å². The molecule has 0 spiro atoms. The SMILES string of the molecule is CCCNCC1(c2ccccc2Cl)CC(CC)(CC)C1. The summed E-state index contributed by atoms with van der Waals surface area (Å²) in [6.45, 7) is 9.04. The molecule has 0 aliphatic heterocycles. The van der Waals surface area contributed by atoms with Gasteiger partial charge >= 0.3 is 0 Å². The van der Waals surface area contributed by atoms with Crippen LogP contribution in [0.4, 0.5) is 0 Å². The molecular formula is C18H28ClN. The summed E-state index contributed by atoms with van der Waals surface area (Å²) in [7, 11) is 0. The van der Waals surface area contributed by atoms with Crippen LogP contribution >= 0.6 is 11.6 Å². The first-order valence-corrected chi connectivity index (χ1v) is 8.45. The molecule has 20 heavy (non-hydrogen) atoms. The zero-order chi connectivity index (χ0) is 14.6. The molecule has 0 heterocycles. The fourth-order valence-electron chi connectivity index (χ4n) is 3.94. The van der Waals surface area contributed by atoms with Crippen molar-refractivity contribution in [3.63, 3.8) is 0 Å². The van der Waals surface area contributed by atoms with E-state index in [1.54, 1.807) is 0 Å². The van der Waals surface area contributed by atoms with Crippen molar-refractivity contribution >= 4 is 11.6 Å². The molecule has 112 valence electrons. The average molecular weight is 294 g/mol. The van der Waals surface area contributed by atoms with E-state index < -0.39 is 0 Å². The Hall–Kier alpha value is -0.530. The molecule has 1 nitrogen and oxygen atoms in total. The molecule has 1 aromatic rings. The van der Waals surface area contributed by atoms with Gasteiger partial charge in [-0.2, -0.15) is 0 Å². The molecule has 0 amide bonds. The van der Waals surface area contributed by atoms with Gasteiger partial charge in [0, 0.05) is 17.0 Å². The van der Waals surface area contributed by atoms with E-state index in [1.165, 1.54) is 37.7 Å². The van der Waals surface area contributed by atoms with Crippen LogP contribution in [0.25, 0.3) is 0 Å². The molecule has 1 fully saturated rings. The minimum absolute atomic E-state index is 0.250. The van der Waals surface area contributed by atoms with Crippen molar-refractivity contribution in [2.75, 3.05) is 13.1 Å². The van der Waals surface area contributed by atoms with Crippen LogP contribution < -0.4 is 5.32 Å². The Morgan fingerprint density at radius 1 is 1.10 bits per heavy atom. The summed E-state index contributed by atoms with van der Waals surface area (Å²) >= 11 is 6.49. The molecule has 1 saturated carbocycles. The lowest BCUT2D eigenvalue weighted by atomic mass is 9.48. The van der Waals surface area contributed by atoms with Crippen molar-refractivity contribution in [3.05, 3.63) is 34.9 Å². The van der Waals surface area contributed by atoms with Crippen LogP contribution in [-0.2, 0) is 5.41 Å². The summed E-state index contributed by atoms with van der Waals surface area (Å²) in [5.41, 5.74) is 2.13. The van der Waals surface area contributed by atoms with E-state index in [2.05, 4.69) is 38.2 Å². The summed E-state index contributed by atoms with van der Waals surface area (Å²) < 4.78 is 0. The zero-order valence-electron chi connectivity index (χ0n) is 13.1. The number of halogens is 1. The third-order valence-corrected chi connectivity index (χ3v) is 5.59. The maximum atomic E-state index is 6.49. The van der Waals surface area contributed by atoms with Crippen LogP contribution in [0.2, 0.25) is 5.02 Å². The first-order chi connectivity index (χ1) is 9.61. The topological polar surface area (TPSA) is 12.0 Å². The molecule has 2 rings (SSSR count). The van der Waals surface area contributed by atoms with E-state index in [0.717, 1.165) is 18.1 Å². The van der Waals surface area contributed by atoms with E-state index in [-0.39, 0.29) is 5.41 Å². The molecule has 0 atom stereocenters. The number of nitrogens with one attached hydrogen (secondary N) is 1. The molecule has 0 unspecified atom stereocenters. The van der Waals surface area contributed by atoms with Crippen molar-refractivity contribution in [1.82, 2.24) is 5.32 Å². The second-order valence-corrected chi connectivity index (χ2v) is 6.90. The van der Waals surface area contributed by atoms with Gasteiger partial charge in [-0.3, -0.25) is 0 Å². The summed E-state index contributed by atoms with van der Waals surface area (Å²) in [5, 5.41) is 4.57. The fraction of sp³-hybridized carbons (Fsp3) is 0.667. The highest BCUT2D eigenvalue weighted by molar-refractivity contribution is 6.31. The Morgan fingerprint density at radius 3 is 2.30 bits per heavy atom. The van der Waals surface area contributed by atoms with Gasteiger partial charge in [0.2, 0.25) is 0 Å². The third-order valence-electron chi connectivity index (χ3n) is 5.26. The Balaban J connectivity index is 2.21. The second-order valence-electron chi connectivity index (χ2n) is 6.50. The molecule has 0 radical (unpaired) electrons. The van der Waals surface area contributed by atoms with Crippen LogP contribution in [0, 0.1) is 5.41 Å². The quantitative estimate of drug-likeness (QED) is 0.683. The largest absolute Gasteiger partial charge is 0.316 e. The van der Waals surface area contributed by atoms with Gasteiger partial charge in [-0.25, -0.2) is 0 Å². The lowest BCUT2D eigenvalue weighted by Gasteiger charge is -2.57. The Kier molecular flexibility index (Phi) is 5.14. The lowest BCUT2D eigenvalue weighted by Crippen LogP contribution is -2.54. The van der Waals surface area contributed by atoms with Crippen LogP contribution in [-0.4, -0.2) is 13.1 Å². The van der Waals surface area contributed by atoms with Crippen molar-refractivity contribution in [3.8, 4) is 0 Å². The fourth-order valence-corrected chi connectivity index (χ4v) is 4.28. The Labute approximate surface area is 129 Å². The van der Waals surface area contributed by atoms with Crippen LogP contribution in [0.15, 0.2) is 24.3 Å². The van der Waals surface area contributed by atoms with Gasteiger partial charge in [0.1, 0.15) is 0 Å². The summed E-state index contributed by atoms with van der Waals surface area (Å²) in [6.07, 6.45) is 6.29. The van der Waals surface area contributed by atoms with E-state index in [1.807, 2.05) is 12.1 Å². The van der Waals surface area contributed by atoms with Crippen molar-refractivity contribution in [2.45, 2.75) is 58.3 Å². The summed E-state index contributed by atoms with van der Waals surface area (Å²) in [6, 6.07) is 8.42. The number of hydrogen-bond donors (Lipinski definition) is 1. The van der Waals surface area contributed by atoms with Crippen molar-refractivity contribution in [1.29, 1.82) is 0 Å². The number of rotatable bonds is 7. The standard InChI is InChI=1S/C18H28ClN/c1-4-11-20-14-18(12-17(5-2,6-3)13-18)15-9-7-8-10-16(15)19/h7-10,20H,4-6,11-14H2,1-3H3. The first kappa shape index (κ1) is 15.9. The van der Waals surface area contributed by atoms with Gasteiger partial charge in [-0.15, -0.1) is 0 Å². The van der Waals surface area contributed by atoms with E-state index >= 15 is 0 Å². The molecule has 2 heteroatoms. The van der Waals surface area contributed by atoms with E-state index in [4.69, 9.17) is 11.6 Å². The minimum atomic E-state index is 0.250. The van der Waals surface area contributed by atoms with E-state index in [9.17, 15) is 0 Å². The van der Waals surface area contributed by atoms with Gasteiger partial charge in [-0.05, 0) is 42.9 Å². The highest BCUT2D eigenvalue weighted by Crippen LogP contribution is 2.59. The monoisotopic (exact) mass is 293 g/mol. The first-order valence-electron chi connectivity index (χ1n) is 8.07. The van der Waals surface area contributed by atoms with Gasteiger partial charge < -0.3 is 5.32 Å². The third kappa shape index (κ3) is 2.89. The molecule has 0 aromatic heterocycles. The van der Waals surface area contributed by atoms with Crippen LogP contribution in [0.3, 0.4) is 0 Å². The lowest BCUT2D eigenvalue weighted by molar-refractivity contribution is 0.0131. The molecule has 1 aliphatic carbocycles. The second kappa shape index (κ2) is 6.49. The van der Waals surface area contributed by atoms with Crippen LogP contribution in [0.1, 0.15) is 58.4 Å².